The average molecular weight is 245 g/mol. The highest BCUT2D eigenvalue weighted by Crippen LogP contribution is 2.13. The number of carboxylic acid groups (broad SMARTS) is 2. The van der Waals surface area contributed by atoms with E-state index in [0.717, 1.165) is 32.1 Å². The van der Waals surface area contributed by atoms with E-state index in [1.54, 1.807) is 6.92 Å². The lowest BCUT2D eigenvalue weighted by Crippen LogP contribution is -2.24. The van der Waals surface area contributed by atoms with Crippen molar-refractivity contribution in [1.82, 2.24) is 4.90 Å². The third-order valence-electron chi connectivity index (χ3n) is 2.23. The Morgan fingerprint density at radius 1 is 1.00 bits per heavy atom. The highest BCUT2D eigenvalue weighted by atomic mass is 16.4. The zero-order valence-electron chi connectivity index (χ0n) is 11.3. The Bertz CT molecular complexity index is 276. The number of allylic oxidation sites excluding steroid dienone is 1. The van der Waals surface area contributed by atoms with Crippen LogP contribution in [0.5, 0.6) is 0 Å². The number of hydrogen-bond donors (Lipinski definition) is 2. The molecule has 100 valence electrons. The van der Waals surface area contributed by atoms with Gasteiger partial charge in [0.15, 0.2) is 0 Å². The van der Waals surface area contributed by atoms with E-state index in [9.17, 15) is 4.79 Å². The van der Waals surface area contributed by atoms with Crippen LogP contribution in [0.2, 0.25) is 0 Å². The van der Waals surface area contributed by atoms with E-state index in [4.69, 9.17) is 15.0 Å². The minimum Gasteiger partial charge on any atom is -0.481 e. The molecule has 0 saturated carbocycles. The average Bonchev–Trinajstić information content (AvgIpc) is 2.23. The molecule has 0 fully saturated rings. The molecule has 0 aliphatic carbocycles. The summed E-state index contributed by atoms with van der Waals surface area (Å²) in [7, 11) is 0. The first-order valence-corrected chi connectivity index (χ1v) is 5.69. The second-order valence-corrected chi connectivity index (χ2v) is 3.42. The van der Waals surface area contributed by atoms with Gasteiger partial charge in [0, 0.05) is 25.7 Å². The van der Waals surface area contributed by atoms with Crippen LogP contribution in [0.25, 0.3) is 0 Å². The van der Waals surface area contributed by atoms with Crippen LogP contribution in [-0.2, 0) is 9.59 Å². The molecule has 0 aliphatic rings. The lowest BCUT2D eigenvalue weighted by atomic mass is 10.1. The van der Waals surface area contributed by atoms with Crippen LogP contribution >= 0.6 is 0 Å². The molecule has 0 aliphatic heterocycles. The largest absolute Gasteiger partial charge is 0.481 e. The Morgan fingerprint density at radius 3 is 1.53 bits per heavy atom. The van der Waals surface area contributed by atoms with Crippen molar-refractivity contribution < 1.29 is 19.8 Å². The zero-order chi connectivity index (χ0) is 14.0. The van der Waals surface area contributed by atoms with Crippen molar-refractivity contribution in [2.24, 2.45) is 0 Å². The zero-order valence-corrected chi connectivity index (χ0v) is 11.3. The minimum absolute atomic E-state index is 0.464. The van der Waals surface area contributed by atoms with Gasteiger partial charge in [-0.05, 0) is 27.2 Å². The molecule has 2 N–H and O–H groups in total. The number of nitrogens with zero attached hydrogens (tertiary/aromatic N) is 1. The summed E-state index contributed by atoms with van der Waals surface area (Å²) in [6, 6.07) is 0. The van der Waals surface area contributed by atoms with Crippen LogP contribution in [0.3, 0.4) is 0 Å². The standard InChI is InChI=1S/C10H19NO2.C2H4O2/c1-5-9(8(4)10(12)13)11(6-2)7-3;1-2(3)4/h5-7H2,1-4H3,(H,12,13);1H3,(H,3,4)/b9-8+;. The molecule has 0 atom stereocenters. The van der Waals surface area contributed by atoms with Crippen molar-refractivity contribution in [1.29, 1.82) is 0 Å². The lowest BCUT2D eigenvalue weighted by Gasteiger charge is -2.24. The highest BCUT2D eigenvalue weighted by molar-refractivity contribution is 5.86. The summed E-state index contributed by atoms with van der Waals surface area (Å²) in [6.07, 6.45) is 0.778. The van der Waals surface area contributed by atoms with Crippen LogP contribution in [-0.4, -0.2) is 40.1 Å². The van der Waals surface area contributed by atoms with Gasteiger partial charge in [0.2, 0.25) is 0 Å². The Kier molecular flexibility index (Phi) is 10.2. The Labute approximate surface area is 103 Å². The van der Waals surface area contributed by atoms with Crippen molar-refractivity contribution >= 4 is 11.9 Å². The minimum atomic E-state index is -0.833. The number of aliphatic carboxylic acids is 2. The Hall–Kier alpha value is -1.52. The molecule has 0 aromatic carbocycles. The summed E-state index contributed by atoms with van der Waals surface area (Å²) in [4.78, 5) is 21.8. The maximum atomic E-state index is 10.8. The quantitative estimate of drug-likeness (QED) is 0.726. The Morgan fingerprint density at radius 2 is 1.35 bits per heavy atom. The summed E-state index contributed by atoms with van der Waals surface area (Å²) < 4.78 is 0. The van der Waals surface area contributed by atoms with E-state index in [1.165, 1.54) is 0 Å². The van der Waals surface area contributed by atoms with Gasteiger partial charge in [-0.15, -0.1) is 0 Å². The van der Waals surface area contributed by atoms with Crippen LogP contribution in [0.15, 0.2) is 11.3 Å². The molecule has 5 nitrogen and oxygen atoms in total. The SMILES string of the molecule is CC(=O)O.CC/C(=C(/C)C(=O)O)N(CC)CC. The van der Waals surface area contributed by atoms with E-state index in [-0.39, 0.29) is 0 Å². The maximum Gasteiger partial charge on any atom is 0.333 e. The lowest BCUT2D eigenvalue weighted by molar-refractivity contribution is -0.134. The molecular weight excluding hydrogens is 222 g/mol. The summed E-state index contributed by atoms with van der Waals surface area (Å²) in [6.45, 7) is 10.5. The van der Waals surface area contributed by atoms with E-state index in [1.807, 2.05) is 20.8 Å². The van der Waals surface area contributed by atoms with E-state index in [0.29, 0.717) is 5.57 Å². The fraction of sp³-hybridized carbons (Fsp3) is 0.667. The van der Waals surface area contributed by atoms with Crippen LogP contribution < -0.4 is 0 Å². The third-order valence-corrected chi connectivity index (χ3v) is 2.23. The summed E-state index contributed by atoms with van der Waals surface area (Å²) >= 11 is 0. The van der Waals surface area contributed by atoms with Gasteiger partial charge in [-0.3, -0.25) is 4.79 Å². The van der Waals surface area contributed by atoms with Gasteiger partial charge in [-0.2, -0.15) is 0 Å². The van der Waals surface area contributed by atoms with Crippen molar-refractivity contribution in [2.75, 3.05) is 13.1 Å². The van der Waals surface area contributed by atoms with Crippen LogP contribution in [0.4, 0.5) is 0 Å². The highest BCUT2D eigenvalue weighted by Gasteiger charge is 2.11. The van der Waals surface area contributed by atoms with Crippen molar-refractivity contribution in [3.8, 4) is 0 Å². The van der Waals surface area contributed by atoms with Crippen LogP contribution in [0, 0.1) is 0 Å². The monoisotopic (exact) mass is 245 g/mol. The summed E-state index contributed by atoms with van der Waals surface area (Å²) in [5.74, 6) is -1.65. The van der Waals surface area contributed by atoms with Crippen molar-refractivity contribution in [3.05, 3.63) is 11.3 Å². The molecule has 0 spiro atoms. The number of hydrogen-bond acceptors (Lipinski definition) is 3. The molecule has 0 aromatic rings. The van der Waals surface area contributed by atoms with Gasteiger partial charge in [0.1, 0.15) is 0 Å². The number of carbonyl (C=O) groups is 2. The van der Waals surface area contributed by atoms with Gasteiger partial charge < -0.3 is 15.1 Å². The fourth-order valence-electron chi connectivity index (χ4n) is 1.45. The topological polar surface area (TPSA) is 77.8 Å². The van der Waals surface area contributed by atoms with Crippen molar-refractivity contribution in [3.63, 3.8) is 0 Å². The molecule has 0 aromatic heterocycles. The van der Waals surface area contributed by atoms with Gasteiger partial charge >= 0.3 is 5.97 Å². The normalized spacial score (nSPS) is 10.9. The molecule has 0 radical (unpaired) electrons. The third kappa shape index (κ3) is 8.30. The second-order valence-electron chi connectivity index (χ2n) is 3.42. The molecule has 0 unspecified atom stereocenters. The van der Waals surface area contributed by atoms with E-state index in [2.05, 4.69) is 4.90 Å². The van der Waals surface area contributed by atoms with Gasteiger partial charge in [-0.1, -0.05) is 6.92 Å². The van der Waals surface area contributed by atoms with E-state index < -0.39 is 11.9 Å². The van der Waals surface area contributed by atoms with E-state index >= 15 is 0 Å². The predicted octanol–water partition coefficient (Wildman–Crippen LogP) is 2.19. The van der Waals surface area contributed by atoms with Gasteiger partial charge in [0.05, 0.1) is 5.57 Å². The number of rotatable bonds is 5. The molecule has 0 rings (SSSR count). The maximum absolute atomic E-state index is 10.8. The molecule has 5 heteroatoms. The summed E-state index contributed by atoms with van der Waals surface area (Å²) in [5.41, 5.74) is 1.41. The molecule has 0 saturated heterocycles. The molecule has 0 heterocycles. The smallest absolute Gasteiger partial charge is 0.333 e. The van der Waals surface area contributed by atoms with Gasteiger partial charge in [0.25, 0.3) is 5.97 Å². The second kappa shape index (κ2) is 9.69. The fourth-order valence-corrected chi connectivity index (χ4v) is 1.45. The first-order valence-electron chi connectivity index (χ1n) is 5.69. The molecule has 17 heavy (non-hydrogen) atoms. The first-order chi connectivity index (χ1) is 7.81. The van der Waals surface area contributed by atoms with Gasteiger partial charge in [-0.25, -0.2) is 4.79 Å². The molecular formula is C12H23NO4. The first kappa shape index (κ1) is 17.9. The molecule has 0 bridgehead atoms. The number of carboxylic acids is 2. The van der Waals surface area contributed by atoms with Crippen LogP contribution in [0.1, 0.15) is 41.0 Å². The molecule has 0 amide bonds. The van der Waals surface area contributed by atoms with Crippen molar-refractivity contribution in [2.45, 2.75) is 41.0 Å². The predicted molar refractivity (Wildman–Crippen MR) is 66.9 cm³/mol. The Balaban J connectivity index is 0. The summed E-state index contributed by atoms with van der Waals surface area (Å²) in [5, 5.41) is 16.3.